The number of rotatable bonds is 8. The number of aromatic amines is 1. The molecule has 1 aromatic heterocycles. The second-order valence-electron chi connectivity index (χ2n) is 5.18. The maximum atomic E-state index is 10.3. The van der Waals surface area contributed by atoms with Crippen LogP contribution in [-0.2, 0) is 0 Å². The molecular formula is C18H25BrN2O. The van der Waals surface area contributed by atoms with Crippen molar-refractivity contribution in [1.82, 2.24) is 10.0 Å². The summed E-state index contributed by atoms with van der Waals surface area (Å²) in [6.45, 7) is 14.0. The van der Waals surface area contributed by atoms with Crippen molar-refractivity contribution in [2.45, 2.75) is 33.2 Å². The van der Waals surface area contributed by atoms with Gasteiger partial charge in [0.2, 0.25) is 0 Å². The first-order valence-corrected chi connectivity index (χ1v) is 8.17. The lowest BCUT2D eigenvalue weighted by molar-refractivity contribution is -0.115. The van der Waals surface area contributed by atoms with Crippen molar-refractivity contribution >= 4 is 22.0 Å². The molecule has 0 saturated heterocycles. The van der Waals surface area contributed by atoms with Gasteiger partial charge in [0.05, 0.1) is 6.04 Å². The smallest absolute Gasteiger partial charge is 0.0592 e. The summed E-state index contributed by atoms with van der Waals surface area (Å²) in [4.78, 5) is 3.27. The Balaban J connectivity index is 2.94. The molecule has 0 spiro atoms. The first kappa shape index (κ1) is 18.7. The molecule has 0 bridgehead atoms. The molecule has 0 amide bonds. The topological polar surface area (TPSA) is 39.3 Å². The lowest BCUT2D eigenvalue weighted by Gasteiger charge is -2.23. The Hall–Kier alpha value is -1.36. The number of hydrogen-bond acceptors (Lipinski definition) is 2. The Morgan fingerprint density at radius 2 is 2.18 bits per heavy atom. The molecule has 1 heterocycles. The van der Waals surface area contributed by atoms with Crippen molar-refractivity contribution in [3.8, 4) is 0 Å². The third-order valence-electron chi connectivity index (χ3n) is 3.69. The van der Waals surface area contributed by atoms with Crippen molar-refractivity contribution in [2.24, 2.45) is 0 Å². The highest BCUT2D eigenvalue weighted by molar-refractivity contribution is 9.11. The third-order valence-corrected chi connectivity index (χ3v) is 4.48. The van der Waals surface area contributed by atoms with E-state index >= 15 is 0 Å². The molecule has 1 unspecified atom stereocenters. The quantitative estimate of drug-likeness (QED) is 0.470. The number of allylic oxidation sites excluding steroid dienone is 3. The monoisotopic (exact) mass is 364 g/mol. The zero-order valence-electron chi connectivity index (χ0n) is 13.6. The van der Waals surface area contributed by atoms with E-state index in [1.807, 2.05) is 19.2 Å². The maximum absolute atomic E-state index is 10.3. The summed E-state index contributed by atoms with van der Waals surface area (Å²) in [5.74, 6) is 0. The van der Waals surface area contributed by atoms with E-state index in [9.17, 15) is 5.21 Å². The van der Waals surface area contributed by atoms with Gasteiger partial charge in [-0.05, 0) is 47.5 Å². The molecule has 0 saturated carbocycles. The zero-order valence-corrected chi connectivity index (χ0v) is 15.2. The second kappa shape index (κ2) is 8.93. The molecule has 1 aromatic rings. The van der Waals surface area contributed by atoms with Crippen LogP contribution in [0.4, 0.5) is 0 Å². The predicted octanol–water partition coefficient (Wildman–Crippen LogP) is 5.52. The van der Waals surface area contributed by atoms with Gasteiger partial charge in [-0.2, -0.15) is 5.06 Å². The van der Waals surface area contributed by atoms with Crippen LogP contribution < -0.4 is 0 Å². The molecule has 0 aliphatic rings. The second-order valence-corrected chi connectivity index (χ2v) is 6.20. The molecule has 1 rings (SSSR count). The van der Waals surface area contributed by atoms with E-state index in [0.717, 1.165) is 33.3 Å². The van der Waals surface area contributed by atoms with Crippen LogP contribution in [0.2, 0.25) is 0 Å². The van der Waals surface area contributed by atoms with Crippen LogP contribution in [-0.4, -0.2) is 21.8 Å². The summed E-state index contributed by atoms with van der Waals surface area (Å²) in [5, 5.41) is 11.6. The minimum atomic E-state index is -0.119. The van der Waals surface area contributed by atoms with Gasteiger partial charge in [-0.15, -0.1) is 0 Å². The Morgan fingerprint density at radius 1 is 1.50 bits per heavy atom. The van der Waals surface area contributed by atoms with Crippen molar-refractivity contribution in [2.75, 3.05) is 6.54 Å². The standard InChI is InChI=1S/C18H25BrN2O/c1-6-9-15(7-2)12-21(22)14(5)17-11-20-18(13(17)4)10-16(19)8-3/h6-7,9-11,14,20,22H,1-2,8,12H2,3-5H3/b15-9+,16-10+. The summed E-state index contributed by atoms with van der Waals surface area (Å²) < 4.78 is 1.14. The van der Waals surface area contributed by atoms with E-state index in [1.54, 1.807) is 12.2 Å². The average Bonchev–Trinajstić information content (AvgIpc) is 2.86. The van der Waals surface area contributed by atoms with Gasteiger partial charge in [0.1, 0.15) is 0 Å². The summed E-state index contributed by atoms with van der Waals surface area (Å²) in [7, 11) is 0. The SMILES string of the molecule is C=C/C=C(\C=C)CN(O)C(C)c1c[nH]c(/C=C(/Br)CC)c1C. The Morgan fingerprint density at radius 3 is 2.73 bits per heavy atom. The van der Waals surface area contributed by atoms with Gasteiger partial charge in [-0.25, -0.2) is 0 Å². The number of hydrogen-bond donors (Lipinski definition) is 2. The van der Waals surface area contributed by atoms with E-state index in [2.05, 4.69) is 54.0 Å². The van der Waals surface area contributed by atoms with Gasteiger partial charge in [0.25, 0.3) is 0 Å². The lowest BCUT2D eigenvalue weighted by Crippen LogP contribution is -2.25. The predicted molar refractivity (Wildman–Crippen MR) is 98.1 cm³/mol. The van der Waals surface area contributed by atoms with Crippen LogP contribution in [0, 0.1) is 6.92 Å². The summed E-state index contributed by atoms with van der Waals surface area (Å²) >= 11 is 3.54. The molecule has 3 nitrogen and oxygen atoms in total. The Bertz CT molecular complexity index is 584. The molecule has 0 aliphatic carbocycles. The van der Waals surface area contributed by atoms with Crippen molar-refractivity contribution in [1.29, 1.82) is 0 Å². The van der Waals surface area contributed by atoms with Crippen LogP contribution in [0.15, 0.2) is 47.6 Å². The van der Waals surface area contributed by atoms with Crippen molar-refractivity contribution < 1.29 is 5.21 Å². The number of nitrogens with one attached hydrogen (secondary N) is 1. The summed E-state index contributed by atoms with van der Waals surface area (Å²) in [6, 6.07) is -0.119. The molecule has 2 N–H and O–H groups in total. The van der Waals surface area contributed by atoms with Crippen LogP contribution in [0.3, 0.4) is 0 Å². The molecule has 0 fully saturated rings. The number of hydroxylamine groups is 2. The first-order valence-electron chi connectivity index (χ1n) is 7.38. The Kier molecular flexibility index (Phi) is 7.59. The van der Waals surface area contributed by atoms with E-state index in [1.165, 1.54) is 5.06 Å². The molecule has 120 valence electrons. The van der Waals surface area contributed by atoms with E-state index < -0.39 is 0 Å². The van der Waals surface area contributed by atoms with Crippen LogP contribution >= 0.6 is 15.9 Å². The van der Waals surface area contributed by atoms with E-state index in [-0.39, 0.29) is 6.04 Å². The fourth-order valence-electron chi connectivity index (χ4n) is 2.19. The normalized spacial score (nSPS) is 14.3. The number of H-pyrrole nitrogens is 1. The molecule has 0 aromatic carbocycles. The van der Waals surface area contributed by atoms with Crippen molar-refractivity contribution in [3.05, 3.63) is 64.5 Å². The largest absolute Gasteiger partial charge is 0.361 e. The van der Waals surface area contributed by atoms with Gasteiger partial charge >= 0.3 is 0 Å². The zero-order chi connectivity index (χ0) is 16.7. The Labute approximate surface area is 141 Å². The van der Waals surface area contributed by atoms with Gasteiger partial charge in [0.15, 0.2) is 0 Å². The third kappa shape index (κ3) is 4.83. The minimum absolute atomic E-state index is 0.119. The van der Waals surface area contributed by atoms with Gasteiger partial charge < -0.3 is 10.2 Å². The van der Waals surface area contributed by atoms with Gasteiger partial charge in [-0.3, -0.25) is 0 Å². The van der Waals surface area contributed by atoms with E-state index in [0.29, 0.717) is 6.54 Å². The lowest BCUT2D eigenvalue weighted by atomic mass is 10.1. The molecule has 4 heteroatoms. The fourth-order valence-corrected chi connectivity index (χ4v) is 2.42. The summed E-state index contributed by atoms with van der Waals surface area (Å²) in [5.41, 5.74) is 4.21. The molecule has 0 aliphatic heterocycles. The van der Waals surface area contributed by atoms with Crippen LogP contribution in [0.25, 0.3) is 6.08 Å². The van der Waals surface area contributed by atoms with Gasteiger partial charge in [0, 0.05) is 18.4 Å². The number of aromatic nitrogens is 1. The highest BCUT2D eigenvalue weighted by Gasteiger charge is 2.18. The van der Waals surface area contributed by atoms with Gasteiger partial charge in [-0.1, -0.05) is 54.2 Å². The minimum Gasteiger partial charge on any atom is -0.361 e. The number of halogens is 1. The highest BCUT2D eigenvalue weighted by atomic mass is 79.9. The fraction of sp³-hybridized carbons (Fsp3) is 0.333. The maximum Gasteiger partial charge on any atom is 0.0592 e. The average molecular weight is 365 g/mol. The van der Waals surface area contributed by atoms with Crippen LogP contribution in [0.1, 0.15) is 43.1 Å². The van der Waals surface area contributed by atoms with E-state index in [4.69, 9.17) is 0 Å². The molecule has 22 heavy (non-hydrogen) atoms. The summed E-state index contributed by atoms with van der Waals surface area (Å²) in [6.07, 6.45) is 10.3. The molecule has 1 atom stereocenters. The van der Waals surface area contributed by atoms with Crippen molar-refractivity contribution in [3.63, 3.8) is 0 Å². The molecular weight excluding hydrogens is 340 g/mol. The number of nitrogens with zero attached hydrogens (tertiary/aromatic N) is 1. The molecule has 0 radical (unpaired) electrons. The highest BCUT2D eigenvalue weighted by Crippen LogP contribution is 2.27. The van der Waals surface area contributed by atoms with Crippen LogP contribution in [0.5, 0.6) is 0 Å². The first-order chi connectivity index (χ1) is 10.4.